The quantitative estimate of drug-likeness (QED) is 0.734. The number of carboxylic acid groups (broad SMARTS) is 1. The maximum Gasteiger partial charge on any atom is 0.326 e. The van der Waals surface area contributed by atoms with Gasteiger partial charge in [-0.3, -0.25) is 0 Å². The fraction of sp³-hybridized carbons (Fsp3) is 0.800. The molecule has 5 heteroatoms. The van der Waals surface area contributed by atoms with Gasteiger partial charge in [-0.15, -0.1) is 0 Å². The van der Waals surface area contributed by atoms with Crippen LogP contribution < -0.4 is 5.32 Å². The van der Waals surface area contributed by atoms with Crippen molar-refractivity contribution in [3.8, 4) is 0 Å². The SMILES string of the molecule is CC[C@@H](NC(=O)N(C)C1CCC1)C(=O)O. The van der Waals surface area contributed by atoms with Gasteiger partial charge in [0.25, 0.3) is 0 Å². The van der Waals surface area contributed by atoms with Crippen molar-refractivity contribution in [2.45, 2.75) is 44.7 Å². The third kappa shape index (κ3) is 2.84. The molecule has 0 aromatic carbocycles. The van der Waals surface area contributed by atoms with Crippen LogP contribution in [0.25, 0.3) is 0 Å². The zero-order valence-corrected chi connectivity index (χ0v) is 9.19. The summed E-state index contributed by atoms with van der Waals surface area (Å²) in [4.78, 5) is 23.9. The molecule has 0 aromatic heterocycles. The molecule has 0 saturated heterocycles. The normalized spacial score (nSPS) is 17.7. The van der Waals surface area contributed by atoms with E-state index in [4.69, 9.17) is 5.11 Å². The Bertz CT molecular complexity index is 251. The molecule has 0 radical (unpaired) electrons. The molecule has 0 bridgehead atoms. The van der Waals surface area contributed by atoms with Gasteiger partial charge in [-0.25, -0.2) is 9.59 Å². The highest BCUT2D eigenvalue weighted by Gasteiger charge is 2.27. The Balaban J connectivity index is 2.42. The fourth-order valence-electron chi connectivity index (χ4n) is 1.53. The van der Waals surface area contributed by atoms with Crippen molar-refractivity contribution >= 4 is 12.0 Å². The van der Waals surface area contributed by atoms with E-state index in [9.17, 15) is 9.59 Å². The van der Waals surface area contributed by atoms with Gasteiger partial charge >= 0.3 is 12.0 Å². The molecule has 2 N–H and O–H groups in total. The van der Waals surface area contributed by atoms with Gasteiger partial charge in [0.15, 0.2) is 0 Å². The summed E-state index contributed by atoms with van der Waals surface area (Å²) in [5, 5.41) is 11.3. The predicted molar refractivity (Wildman–Crippen MR) is 55.6 cm³/mol. The number of carbonyl (C=O) groups is 2. The van der Waals surface area contributed by atoms with E-state index in [2.05, 4.69) is 5.32 Å². The van der Waals surface area contributed by atoms with Crippen LogP contribution >= 0.6 is 0 Å². The molecule has 15 heavy (non-hydrogen) atoms. The number of rotatable bonds is 4. The smallest absolute Gasteiger partial charge is 0.326 e. The molecule has 1 rings (SSSR count). The highest BCUT2D eigenvalue weighted by molar-refractivity contribution is 5.82. The number of carboxylic acids is 1. The molecule has 0 heterocycles. The van der Waals surface area contributed by atoms with Crippen LogP contribution in [0.2, 0.25) is 0 Å². The third-order valence-corrected chi connectivity index (χ3v) is 2.95. The first-order valence-electron chi connectivity index (χ1n) is 5.32. The molecule has 86 valence electrons. The zero-order valence-electron chi connectivity index (χ0n) is 9.19. The van der Waals surface area contributed by atoms with Crippen LogP contribution in [-0.2, 0) is 4.79 Å². The van der Waals surface area contributed by atoms with E-state index in [0.717, 1.165) is 19.3 Å². The summed E-state index contributed by atoms with van der Waals surface area (Å²) in [7, 11) is 1.72. The molecule has 1 atom stereocenters. The molecule has 0 aromatic rings. The van der Waals surface area contributed by atoms with Gasteiger partial charge in [-0.05, 0) is 25.7 Å². The van der Waals surface area contributed by atoms with Crippen molar-refractivity contribution in [2.75, 3.05) is 7.05 Å². The zero-order chi connectivity index (χ0) is 11.4. The minimum Gasteiger partial charge on any atom is -0.480 e. The second-order valence-corrected chi connectivity index (χ2v) is 3.94. The first-order valence-corrected chi connectivity index (χ1v) is 5.32. The number of aliphatic carboxylic acids is 1. The van der Waals surface area contributed by atoms with Gasteiger partial charge < -0.3 is 15.3 Å². The van der Waals surface area contributed by atoms with Crippen molar-refractivity contribution in [1.82, 2.24) is 10.2 Å². The minimum absolute atomic E-state index is 0.283. The Hall–Kier alpha value is -1.26. The summed E-state index contributed by atoms with van der Waals surface area (Å²) in [5.41, 5.74) is 0. The maximum absolute atomic E-state index is 11.6. The standard InChI is InChI=1S/C10H18N2O3/c1-3-8(9(13)14)11-10(15)12(2)7-5-4-6-7/h7-8H,3-6H2,1-2H3,(H,11,15)(H,13,14)/t8-/m1/s1. The second-order valence-electron chi connectivity index (χ2n) is 3.94. The lowest BCUT2D eigenvalue weighted by molar-refractivity contribution is -0.139. The van der Waals surface area contributed by atoms with Crippen LogP contribution in [0, 0.1) is 0 Å². The summed E-state index contributed by atoms with van der Waals surface area (Å²) in [6.07, 6.45) is 3.60. The van der Waals surface area contributed by atoms with Crippen molar-refractivity contribution in [2.24, 2.45) is 0 Å². The molecule has 1 aliphatic rings. The summed E-state index contributed by atoms with van der Waals surface area (Å²) < 4.78 is 0. The Morgan fingerprint density at radius 1 is 1.53 bits per heavy atom. The van der Waals surface area contributed by atoms with Crippen molar-refractivity contribution in [3.05, 3.63) is 0 Å². The minimum atomic E-state index is -0.979. The number of amides is 2. The van der Waals surface area contributed by atoms with Gasteiger partial charge in [-0.2, -0.15) is 0 Å². The van der Waals surface area contributed by atoms with Gasteiger partial charge in [0.05, 0.1) is 0 Å². The van der Waals surface area contributed by atoms with Crippen molar-refractivity contribution in [3.63, 3.8) is 0 Å². The molecule has 5 nitrogen and oxygen atoms in total. The largest absolute Gasteiger partial charge is 0.480 e. The first kappa shape index (κ1) is 11.8. The lowest BCUT2D eigenvalue weighted by Crippen LogP contribution is -2.51. The monoisotopic (exact) mass is 214 g/mol. The van der Waals surface area contributed by atoms with E-state index >= 15 is 0 Å². The van der Waals surface area contributed by atoms with Crippen LogP contribution in [0.15, 0.2) is 0 Å². The third-order valence-electron chi connectivity index (χ3n) is 2.95. The Morgan fingerprint density at radius 3 is 2.47 bits per heavy atom. The molecule has 0 unspecified atom stereocenters. The van der Waals surface area contributed by atoms with Gasteiger partial charge in [0, 0.05) is 13.1 Å². The van der Waals surface area contributed by atoms with E-state index in [1.807, 2.05) is 0 Å². The number of hydrogen-bond donors (Lipinski definition) is 2. The summed E-state index contributed by atoms with van der Waals surface area (Å²) in [5.74, 6) is -0.979. The van der Waals surface area contributed by atoms with Gasteiger partial charge in [-0.1, -0.05) is 6.92 Å². The van der Waals surface area contributed by atoms with Crippen LogP contribution in [-0.4, -0.2) is 41.1 Å². The number of urea groups is 1. The molecule has 1 saturated carbocycles. The van der Waals surface area contributed by atoms with E-state index in [1.165, 1.54) is 0 Å². The van der Waals surface area contributed by atoms with Gasteiger partial charge in [0.1, 0.15) is 6.04 Å². The molecule has 0 spiro atoms. The molecule has 2 amide bonds. The molecule has 1 aliphatic carbocycles. The number of hydrogen-bond acceptors (Lipinski definition) is 2. The van der Waals surface area contributed by atoms with E-state index in [0.29, 0.717) is 6.42 Å². The Morgan fingerprint density at radius 2 is 2.13 bits per heavy atom. The highest BCUT2D eigenvalue weighted by atomic mass is 16.4. The van der Waals surface area contributed by atoms with Crippen molar-refractivity contribution in [1.29, 1.82) is 0 Å². The lowest BCUT2D eigenvalue weighted by Gasteiger charge is -2.35. The Kier molecular flexibility index (Phi) is 3.94. The van der Waals surface area contributed by atoms with Gasteiger partial charge in [0.2, 0.25) is 0 Å². The lowest BCUT2D eigenvalue weighted by atomic mass is 9.92. The summed E-state index contributed by atoms with van der Waals surface area (Å²) >= 11 is 0. The Labute approximate surface area is 89.4 Å². The van der Waals surface area contributed by atoms with Crippen LogP contribution in [0.5, 0.6) is 0 Å². The summed E-state index contributed by atoms with van der Waals surface area (Å²) in [6.45, 7) is 1.74. The number of carbonyl (C=O) groups excluding carboxylic acids is 1. The topological polar surface area (TPSA) is 69.6 Å². The first-order chi connectivity index (χ1) is 7.06. The molecular weight excluding hydrogens is 196 g/mol. The second kappa shape index (κ2) is 5.00. The van der Waals surface area contributed by atoms with Crippen molar-refractivity contribution < 1.29 is 14.7 Å². The fourth-order valence-corrected chi connectivity index (χ4v) is 1.53. The molecule has 1 fully saturated rings. The predicted octanol–water partition coefficient (Wildman–Crippen LogP) is 1.04. The van der Waals surface area contributed by atoms with Crippen LogP contribution in [0.3, 0.4) is 0 Å². The highest BCUT2D eigenvalue weighted by Crippen LogP contribution is 2.23. The number of nitrogens with zero attached hydrogens (tertiary/aromatic N) is 1. The average molecular weight is 214 g/mol. The van der Waals surface area contributed by atoms with E-state index in [1.54, 1.807) is 18.9 Å². The molecular formula is C10H18N2O3. The molecule has 0 aliphatic heterocycles. The van der Waals surface area contributed by atoms with Crippen LogP contribution in [0.4, 0.5) is 4.79 Å². The average Bonchev–Trinajstić information content (AvgIpc) is 2.10. The van der Waals surface area contributed by atoms with E-state index in [-0.39, 0.29) is 12.1 Å². The number of nitrogens with one attached hydrogen (secondary N) is 1. The maximum atomic E-state index is 11.6. The van der Waals surface area contributed by atoms with E-state index < -0.39 is 12.0 Å². The summed E-state index contributed by atoms with van der Waals surface area (Å²) in [6, 6.07) is -0.773. The van der Waals surface area contributed by atoms with Crippen LogP contribution in [0.1, 0.15) is 32.6 Å².